The summed E-state index contributed by atoms with van der Waals surface area (Å²) in [6, 6.07) is 27.5. The van der Waals surface area contributed by atoms with Crippen molar-refractivity contribution in [1.82, 2.24) is 0 Å². The number of hydrogen-bond acceptors (Lipinski definition) is 2. The number of rotatable bonds is 6. The summed E-state index contributed by atoms with van der Waals surface area (Å²) >= 11 is 0. The lowest BCUT2D eigenvalue weighted by molar-refractivity contribution is 0.298. The second-order valence-electron chi connectivity index (χ2n) is 7.37. The van der Waals surface area contributed by atoms with Crippen LogP contribution < -0.4 is 9.47 Å². The van der Waals surface area contributed by atoms with Crippen LogP contribution in [0.4, 0.5) is 0 Å². The fourth-order valence-corrected chi connectivity index (χ4v) is 2.64. The highest BCUT2D eigenvalue weighted by molar-refractivity contribution is 5.34. The maximum Gasteiger partial charge on any atom is 0.119 e. The van der Waals surface area contributed by atoms with Gasteiger partial charge in [0.25, 0.3) is 0 Å². The SMILES string of the molecule is CC(C)(C)c1cc(COc2ccccc2)[c]c(COc2ccccc2)c1. The monoisotopic (exact) mass is 345 g/mol. The first kappa shape index (κ1) is 18.1. The minimum Gasteiger partial charge on any atom is -0.489 e. The summed E-state index contributed by atoms with van der Waals surface area (Å²) in [4.78, 5) is 0. The zero-order chi connectivity index (χ0) is 18.4. The number of ether oxygens (including phenoxy) is 2. The first-order valence-electron chi connectivity index (χ1n) is 8.92. The Bertz CT molecular complexity index is 756. The summed E-state index contributed by atoms with van der Waals surface area (Å²) in [6.07, 6.45) is 0. The fourth-order valence-electron chi connectivity index (χ4n) is 2.64. The largest absolute Gasteiger partial charge is 0.489 e. The molecular formula is C24H25O2. The van der Waals surface area contributed by atoms with Gasteiger partial charge in [-0.25, -0.2) is 0 Å². The molecule has 133 valence electrons. The molecular weight excluding hydrogens is 320 g/mol. The molecule has 0 aromatic heterocycles. The van der Waals surface area contributed by atoms with Gasteiger partial charge in [0.2, 0.25) is 0 Å². The van der Waals surface area contributed by atoms with E-state index >= 15 is 0 Å². The van der Waals surface area contributed by atoms with Crippen molar-refractivity contribution in [3.8, 4) is 11.5 Å². The van der Waals surface area contributed by atoms with E-state index < -0.39 is 0 Å². The molecule has 2 nitrogen and oxygen atoms in total. The maximum absolute atomic E-state index is 5.91. The van der Waals surface area contributed by atoms with Gasteiger partial charge in [-0.2, -0.15) is 0 Å². The Morgan fingerprint density at radius 3 is 1.50 bits per heavy atom. The van der Waals surface area contributed by atoms with E-state index in [0.29, 0.717) is 13.2 Å². The van der Waals surface area contributed by atoms with Crippen LogP contribution in [-0.2, 0) is 18.6 Å². The molecule has 3 rings (SSSR count). The predicted molar refractivity (Wildman–Crippen MR) is 106 cm³/mol. The van der Waals surface area contributed by atoms with Crippen molar-refractivity contribution in [3.05, 3.63) is 95.6 Å². The number of hydrogen-bond donors (Lipinski definition) is 0. The topological polar surface area (TPSA) is 18.5 Å². The lowest BCUT2D eigenvalue weighted by Crippen LogP contribution is -2.13. The molecule has 0 N–H and O–H groups in total. The molecule has 26 heavy (non-hydrogen) atoms. The Labute approximate surface area is 156 Å². The van der Waals surface area contributed by atoms with Gasteiger partial charge in [0.05, 0.1) is 0 Å². The van der Waals surface area contributed by atoms with Gasteiger partial charge < -0.3 is 9.47 Å². The number of benzene rings is 3. The van der Waals surface area contributed by atoms with Crippen LogP contribution >= 0.6 is 0 Å². The smallest absolute Gasteiger partial charge is 0.119 e. The fraction of sp³-hybridized carbons (Fsp3) is 0.250. The van der Waals surface area contributed by atoms with Crippen molar-refractivity contribution < 1.29 is 9.47 Å². The molecule has 0 aliphatic carbocycles. The first-order valence-corrected chi connectivity index (χ1v) is 8.92. The molecule has 0 fully saturated rings. The van der Waals surface area contributed by atoms with Gasteiger partial charge in [-0.1, -0.05) is 69.3 Å². The van der Waals surface area contributed by atoms with Crippen LogP contribution in [0.15, 0.2) is 72.8 Å². The Hall–Kier alpha value is -2.74. The summed E-state index contributed by atoms with van der Waals surface area (Å²) in [7, 11) is 0. The van der Waals surface area contributed by atoms with Gasteiger partial charge in [0.1, 0.15) is 24.7 Å². The highest BCUT2D eigenvalue weighted by Gasteiger charge is 2.16. The van der Waals surface area contributed by atoms with Crippen LogP contribution in [0.3, 0.4) is 0 Å². The van der Waals surface area contributed by atoms with Crippen molar-refractivity contribution >= 4 is 0 Å². The molecule has 0 amide bonds. The summed E-state index contributed by atoms with van der Waals surface area (Å²) in [5.74, 6) is 1.73. The molecule has 0 aliphatic rings. The Morgan fingerprint density at radius 1 is 0.692 bits per heavy atom. The van der Waals surface area contributed by atoms with Crippen LogP contribution in [0.25, 0.3) is 0 Å². The Balaban J connectivity index is 1.77. The highest BCUT2D eigenvalue weighted by Crippen LogP contribution is 2.26. The standard InChI is InChI=1S/C24H25O2/c1-24(2,3)21-15-19(17-25-22-10-6-4-7-11-22)14-20(16-21)18-26-23-12-8-5-9-13-23/h4-13,15-16H,17-18H2,1-3H3. The third-order valence-corrected chi connectivity index (χ3v) is 4.12. The minimum atomic E-state index is 0.0537. The van der Waals surface area contributed by atoms with Crippen molar-refractivity contribution in [2.45, 2.75) is 39.4 Å². The molecule has 0 aliphatic heterocycles. The average Bonchev–Trinajstić information content (AvgIpc) is 2.66. The molecule has 1 radical (unpaired) electrons. The zero-order valence-electron chi connectivity index (χ0n) is 15.7. The zero-order valence-corrected chi connectivity index (χ0v) is 15.7. The molecule has 0 spiro atoms. The molecule has 0 unspecified atom stereocenters. The lowest BCUT2D eigenvalue weighted by atomic mass is 9.85. The van der Waals surface area contributed by atoms with Gasteiger partial charge in [0.15, 0.2) is 0 Å². The highest BCUT2D eigenvalue weighted by atomic mass is 16.5. The third-order valence-electron chi connectivity index (χ3n) is 4.12. The van der Waals surface area contributed by atoms with Gasteiger partial charge in [-0.05, 0) is 52.4 Å². The summed E-state index contributed by atoms with van der Waals surface area (Å²) in [5.41, 5.74) is 3.38. The van der Waals surface area contributed by atoms with Gasteiger partial charge in [0, 0.05) is 0 Å². The van der Waals surface area contributed by atoms with Crippen molar-refractivity contribution in [2.24, 2.45) is 0 Å². The lowest BCUT2D eigenvalue weighted by Gasteiger charge is -2.21. The van der Waals surface area contributed by atoms with Gasteiger partial charge in [-0.3, -0.25) is 0 Å². The molecule has 0 atom stereocenters. The normalized spacial score (nSPS) is 11.2. The quantitative estimate of drug-likeness (QED) is 0.550. The van der Waals surface area contributed by atoms with E-state index in [1.54, 1.807) is 0 Å². The Morgan fingerprint density at radius 2 is 1.12 bits per heavy atom. The van der Waals surface area contributed by atoms with E-state index in [1.165, 1.54) is 5.56 Å². The van der Waals surface area contributed by atoms with E-state index in [9.17, 15) is 0 Å². The summed E-state index contributed by atoms with van der Waals surface area (Å²) in [6.45, 7) is 7.63. The molecule has 3 aromatic rings. The Kier molecular flexibility index (Phi) is 5.62. The van der Waals surface area contributed by atoms with E-state index in [1.807, 2.05) is 60.7 Å². The van der Waals surface area contributed by atoms with Crippen LogP contribution in [0.2, 0.25) is 0 Å². The van der Waals surface area contributed by atoms with E-state index in [4.69, 9.17) is 9.47 Å². The third kappa shape index (κ3) is 5.13. The molecule has 0 saturated carbocycles. The number of para-hydroxylation sites is 2. The van der Waals surface area contributed by atoms with Crippen molar-refractivity contribution in [1.29, 1.82) is 0 Å². The van der Waals surface area contributed by atoms with Crippen LogP contribution in [-0.4, -0.2) is 0 Å². The van der Waals surface area contributed by atoms with Crippen LogP contribution in [0.1, 0.15) is 37.5 Å². The van der Waals surface area contributed by atoms with E-state index in [0.717, 1.165) is 22.6 Å². The molecule has 0 bridgehead atoms. The predicted octanol–water partition coefficient (Wildman–Crippen LogP) is 5.94. The second kappa shape index (κ2) is 8.09. The minimum absolute atomic E-state index is 0.0537. The first-order chi connectivity index (χ1) is 12.5. The van der Waals surface area contributed by atoms with Crippen molar-refractivity contribution in [3.63, 3.8) is 0 Å². The van der Waals surface area contributed by atoms with E-state index in [-0.39, 0.29) is 5.41 Å². The summed E-state index contributed by atoms with van der Waals surface area (Å²) < 4.78 is 11.8. The van der Waals surface area contributed by atoms with E-state index in [2.05, 4.69) is 39.0 Å². The molecule has 2 heteroatoms. The van der Waals surface area contributed by atoms with Crippen LogP contribution in [0.5, 0.6) is 11.5 Å². The van der Waals surface area contributed by atoms with Gasteiger partial charge in [-0.15, -0.1) is 0 Å². The summed E-state index contributed by atoms with van der Waals surface area (Å²) in [5, 5.41) is 0. The average molecular weight is 345 g/mol. The maximum atomic E-state index is 5.91. The molecule has 0 heterocycles. The second-order valence-corrected chi connectivity index (χ2v) is 7.37. The van der Waals surface area contributed by atoms with Crippen molar-refractivity contribution in [2.75, 3.05) is 0 Å². The molecule has 0 saturated heterocycles. The van der Waals surface area contributed by atoms with Crippen LogP contribution in [0, 0.1) is 6.07 Å². The molecule has 3 aromatic carbocycles. The van der Waals surface area contributed by atoms with Gasteiger partial charge >= 0.3 is 0 Å².